The normalized spacial score (nSPS) is 10.2. The standard InChI is InChI=1S/C15H18N2/c1-3-16-14-9-6-10-17-15(14)11-13-8-5-4-7-12(13)2/h4-10,16H,3,11H2,1-2H3. The number of hydrogen-bond acceptors (Lipinski definition) is 2. The fraction of sp³-hybridized carbons (Fsp3) is 0.267. The zero-order valence-corrected chi connectivity index (χ0v) is 10.4. The summed E-state index contributed by atoms with van der Waals surface area (Å²) in [5, 5.41) is 3.35. The molecule has 2 heteroatoms. The Balaban J connectivity index is 2.27. The van der Waals surface area contributed by atoms with Gasteiger partial charge in [0.1, 0.15) is 0 Å². The van der Waals surface area contributed by atoms with Crippen molar-refractivity contribution in [3.05, 3.63) is 59.4 Å². The van der Waals surface area contributed by atoms with Crippen molar-refractivity contribution in [3.63, 3.8) is 0 Å². The molecule has 0 aliphatic heterocycles. The molecular weight excluding hydrogens is 208 g/mol. The molecule has 0 radical (unpaired) electrons. The predicted octanol–water partition coefficient (Wildman–Crippen LogP) is 3.41. The third-order valence-electron chi connectivity index (χ3n) is 2.88. The van der Waals surface area contributed by atoms with Crippen molar-refractivity contribution < 1.29 is 0 Å². The van der Waals surface area contributed by atoms with E-state index in [2.05, 4.69) is 54.5 Å². The van der Waals surface area contributed by atoms with Gasteiger partial charge < -0.3 is 5.32 Å². The molecule has 0 bridgehead atoms. The summed E-state index contributed by atoms with van der Waals surface area (Å²) in [5.41, 5.74) is 4.91. The van der Waals surface area contributed by atoms with Gasteiger partial charge in [-0.25, -0.2) is 0 Å². The van der Waals surface area contributed by atoms with Gasteiger partial charge in [0, 0.05) is 19.2 Å². The lowest BCUT2D eigenvalue weighted by molar-refractivity contribution is 1.05. The Morgan fingerprint density at radius 1 is 1.12 bits per heavy atom. The molecule has 0 saturated heterocycles. The third kappa shape index (κ3) is 2.84. The van der Waals surface area contributed by atoms with Crippen LogP contribution in [-0.2, 0) is 6.42 Å². The largest absolute Gasteiger partial charge is 0.384 e. The molecule has 2 nitrogen and oxygen atoms in total. The molecule has 2 aromatic rings. The number of hydrogen-bond donors (Lipinski definition) is 1. The molecule has 0 aliphatic rings. The Morgan fingerprint density at radius 3 is 2.71 bits per heavy atom. The van der Waals surface area contributed by atoms with Crippen LogP contribution in [0, 0.1) is 6.92 Å². The van der Waals surface area contributed by atoms with E-state index in [9.17, 15) is 0 Å². The first-order valence-corrected chi connectivity index (χ1v) is 6.03. The van der Waals surface area contributed by atoms with E-state index in [1.807, 2.05) is 12.3 Å². The topological polar surface area (TPSA) is 24.9 Å². The Hall–Kier alpha value is -1.83. The minimum Gasteiger partial charge on any atom is -0.384 e. The van der Waals surface area contributed by atoms with Crippen molar-refractivity contribution in [2.75, 3.05) is 11.9 Å². The zero-order chi connectivity index (χ0) is 12.1. The number of nitrogens with one attached hydrogen (secondary N) is 1. The van der Waals surface area contributed by atoms with Crippen LogP contribution in [0.4, 0.5) is 5.69 Å². The van der Waals surface area contributed by atoms with Crippen LogP contribution >= 0.6 is 0 Å². The highest BCUT2D eigenvalue weighted by Gasteiger charge is 2.05. The van der Waals surface area contributed by atoms with Gasteiger partial charge >= 0.3 is 0 Å². The summed E-state index contributed by atoms with van der Waals surface area (Å²) in [7, 11) is 0. The summed E-state index contributed by atoms with van der Waals surface area (Å²) in [6.07, 6.45) is 2.74. The van der Waals surface area contributed by atoms with Crippen molar-refractivity contribution in [2.24, 2.45) is 0 Å². The molecular formula is C15H18N2. The molecule has 0 amide bonds. The Bertz CT molecular complexity index is 492. The van der Waals surface area contributed by atoms with E-state index >= 15 is 0 Å². The lowest BCUT2D eigenvalue weighted by Gasteiger charge is -2.10. The molecule has 0 saturated carbocycles. The smallest absolute Gasteiger partial charge is 0.0678 e. The number of nitrogens with zero attached hydrogens (tertiary/aromatic N) is 1. The number of aryl methyl sites for hydroxylation is 1. The number of rotatable bonds is 4. The third-order valence-corrected chi connectivity index (χ3v) is 2.88. The summed E-state index contributed by atoms with van der Waals surface area (Å²) in [6, 6.07) is 12.5. The number of aromatic nitrogens is 1. The first kappa shape index (κ1) is 11.6. The van der Waals surface area contributed by atoms with Gasteiger partial charge in [0.2, 0.25) is 0 Å². The lowest BCUT2D eigenvalue weighted by atomic mass is 10.0. The Morgan fingerprint density at radius 2 is 1.94 bits per heavy atom. The highest BCUT2D eigenvalue weighted by Crippen LogP contribution is 2.18. The molecule has 1 heterocycles. The first-order chi connectivity index (χ1) is 8.31. The molecule has 1 N–H and O–H groups in total. The highest BCUT2D eigenvalue weighted by atomic mass is 14.9. The van der Waals surface area contributed by atoms with Crippen LogP contribution in [0.5, 0.6) is 0 Å². The molecule has 0 unspecified atom stereocenters. The zero-order valence-electron chi connectivity index (χ0n) is 10.4. The van der Waals surface area contributed by atoms with E-state index in [-0.39, 0.29) is 0 Å². The van der Waals surface area contributed by atoms with Gasteiger partial charge in [-0.1, -0.05) is 24.3 Å². The molecule has 0 fully saturated rings. The number of benzene rings is 1. The van der Waals surface area contributed by atoms with Crippen LogP contribution in [0.15, 0.2) is 42.6 Å². The van der Waals surface area contributed by atoms with E-state index < -0.39 is 0 Å². The van der Waals surface area contributed by atoms with E-state index in [0.717, 1.165) is 24.3 Å². The average molecular weight is 226 g/mol. The second-order valence-corrected chi connectivity index (χ2v) is 4.13. The fourth-order valence-electron chi connectivity index (χ4n) is 1.92. The average Bonchev–Trinajstić information content (AvgIpc) is 2.35. The molecule has 17 heavy (non-hydrogen) atoms. The van der Waals surface area contributed by atoms with Crippen LogP contribution in [-0.4, -0.2) is 11.5 Å². The van der Waals surface area contributed by atoms with Crippen molar-refractivity contribution in [2.45, 2.75) is 20.3 Å². The lowest BCUT2D eigenvalue weighted by Crippen LogP contribution is -2.03. The Kier molecular flexibility index (Phi) is 3.76. The minimum atomic E-state index is 0.885. The van der Waals surface area contributed by atoms with Crippen molar-refractivity contribution in [3.8, 4) is 0 Å². The number of anilines is 1. The van der Waals surface area contributed by atoms with Crippen LogP contribution in [0.25, 0.3) is 0 Å². The molecule has 0 spiro atoms. The van der Waals surface area contributed by atoms with Gasteiger partial charge in [-0.15, -0.1) is 0 Å². The molecule has 88 valence electrons. The summed E-state index contributed by atoms with van der Waals surface area (Å²) >= 11 is 0. The quantitative estimate of drug-likeness (QED) is 0.864. The molecule has 0 aliphatic carbocycles. The maximum Gasteiger partial charge on any atom is 0.0678 e. The maximum absolute atomic E-state index is 4.47. The summed E-state index contributed by atoms with van der Waals surface area (Å²) in [5.74, 6) is 0. The molecule has 1 aromatic heterocycles. The second kappa shape index (κ2) is 5.48. The minimum absolute atomic E-state index is 0.885. The first-order valence-electron chi connectivity index (χ1n) is 6.03. The second-order valence-electron chi connectivity index (χ2n) is 4.13. The van der Waals surface area contributed by atoms with Crippen LogP contribution in [0.2, 0.25) is 0 Å². The van der Waals surface area contributed by atoms with Gasteiger partial charge in [0.05, 0.1) is 11.4 Å². The van der Waals surface area contributed by atoms with Gasteiger partial charge in [-0.2, -0.15) is 0 Å². The molecule has 1 aromatic carbocycles. The Labute approximate surface area is 103 Å². The van der Waals surface area contributed by atoms with Crippen LogP contribution < -0.4 is 5.32 Å². The number of pyridine rings is 1. The summed E-state index contributed by atoms with van der Waals surface area (Å²) in [4.78, 5) is 4.47. The van der Waals surface area contributed by atoms with Gasteiger partial charge in [0.15, 0.2) is 0 Å². The predicted molar refractivity (Wildman–Crippen MR) is 72.4 cm³/mol. The van der Waals surface area contributed by atoms with Gasteiger partial charge in [0.25, 0.3) is 0 Å². The SMILES string of the molecule is CCNc1cccnc1Cc1ccccc1C. The highest BCUT2D eigenvalue weighted by molar-refractivity contribution is 5.49. The maximum atomic E-state index is 4.47. The van der Waals surface area contributed by atoms with Crippen LogP contribution in [0.1, 0.15) is 23.7 Å². The van der Waals surface area contributed by atoms with Crippen molar-refractivity contribution in [1.29, 1.82) is 0 Å². The van der Waals surface area contributed by atoms with E-state index in [4.69, 9.17) is 0 Å². The molecule has 0 atom stereocenters. The van der Waals surface area contributed by atoms with E-state index in [0.29, 0.717) is 0 Å². The van der Waals surface area contributed by atoms with Gasteiger partial charge in [-0.05, 0) is 37.1 Å². The van der Waals surface area contributed by atoms with Crippen LogP contribution in [0.3, 0.4) is 0 Å². The van der Waals surface area contributed by atoms with E-state index in [1.54, 1.807) is 0 Å². The van der Waals surface area contributed by atoms with Crippen molar-refractivity contribution >= 4 is 5.69 Å². The monoisotopic (exact) mass is 226 g/mol. The van der Waals surface area contributed by atoms with E-state index in [1.165, 1.54) is 11.1 Å². The summed E-state index contributed by atoms with van der Waals surface area (Å²) < 4.78 is 0. The molecule has 2 rings (SSSR count). The fourth-order valence-corrected chi connectivity index (χ4v) is 1.92. The van der Waals surface area contributed by atoms with Gasteiger partial charge in [-0.3, -0.25) is 4.98 Å². The summed E-state index contributed by atoms with van der Waals surface area (Å²) in [6.45, 7) is 5.17. The van der Waals surface area contributed by atoms with Crippen molar-refractivity contribution in [1.82, 2.24) is 4.98 Å².